The van der Waals surface area contributed by atoms with Crippen LogP contribution >= 0.6 is 0 Å². The lowest BCUT2D eigenvalue weighted by atomic mass is 9.64. The van der Waals surface area contributed by atoms with E-state index in [1.54, 1.807) is 0 Å². The number of halogens is 1. The topological polar surface area (TPSA) is 105 Å². The lowest BCUT2D eigenvalue weighted by Crippen LogP contribution is -2.54. The summed E-state index contributed by atoms with van der Waals surface area (Å²) in [4.78, 5) is 50.2. The molecular weight excluding hydrogens is 393 g/mol. The maximum atomic E-state index is 13.0. The minimum atomic E-state index is -1.00. The third kappa shape index (κ3) is 4.77. The summed E-state index contributed by atoms with van der Waals surface area (Å²) < 4.78 is 17.8. The van der Waals surface area contributed by atoms with Gasteiger partial charge in [-0.3, -0.25) is 19.3 Å². The van der Waals surface area contributed by atoms with E-state index in [1.165, 1.54) is 24.3 Å². The molecule has 8 nitrogen and oxygen atoms in total. The molecule has 1 heterocycles. The van der Waals surface area contributed by atoms with Gasteiger partial charge < -0.3 is 15.4 Å². The van der Waals surface area contributed by atoms with E-state index in [9.17, 15) is 23.6 Å². The number of rotatable bonds is 5. The number of ether oxygens (including phenoxy) is 1. The number of carbonyl (C=O) groups excluding carboxylic acids is 4. The van der Waals surface area contributed by atoms with Crippen molar-refractivity contribution in [1.82, 2.24) is 10.2 Å². The summed E-state index contributed by atoms with van der Waals surface area (Å²) in [5.41, 5.74) is -0.767. The number of imide groups is 1. The number of benzene rings is 1. The molecule has 9 heteroatoms. The van der Waals surface area contributed by atoms with Gasteiger partial charge in [-0.2, -0.15) is 0 Å². The first-order valence-corrected chi connectivity index (χ1v) is 9.85. The van der Waals surface area contributed by atoms with Crippen molar-refractivity contribution in [1.29, 1.82) is 0 Å². The molecule has 30 heavy (non-hydrogen) atoms. The van der Waals surface area contributed by atoms with Gasteiger partial charge in [0.05, 0.1) is 0 Å². The standard InChI is InChI=1S/C21H26FN3O5/c1-13-8-20(2,3)12-21(9-13)18(28)25(19(29)24-21)10-17(27)30-11-16(26)23-15-6-4-14(22)5-7-15/h4-7,13H,8-12H2,1-3H3,(H,23,26)(H,24,29)/t13-,21-/m0/s1. The quantitative estimate of drug-likeness (QED) is 0.563. The summed E-state index contributed by atoms with van der Waals surface area (Å²) in [5.74, 6) is -2.11. The molecule has 2 atom stereocenters. The van der Waals surface area contributed by atoms with Crippen molar-refractivity contribution in [2.75, 3.05) is 18.5 Å². The third-order valence-electron chi connectivity index (χ3n) is 5.40. The van der Waals surface area contributed by atoms with Crippen LogP contribution in [0.1, 0.15) is 40.0 Å². The molecule has 2 aliphatic rings. The van der Waals surface area contributed by atoms with E-state index in [0.717, 1.165) is 11.3 Å². The second-order valence-electron chi connectivity index (χ2n) is 8.97. The zero-order chi connectivity index (χ0) is 22.1. The SMILES string of the molecule is C[C@H]1CC(C)(C)C[C@]2(C1)NC(=O)N(CC(=O)OCC(=O)Nc1ccc(F)cc1)C2=O. The van der Waals surface area contributed by atoms with Crippen LogP contribution in [-0.2, 0) is 19.1 Å². The van der Waals surface area contributed by atoms with Crippen LogP contribution in [0, 0.1) is 17.2 Å². The van der Waals surface area contributed by atoms with Gasteiger partial charge in [-0.15, -0.1) is 0 Å². The average molecular weight is 419 g/mol. The first kappa shape index (κ1) is 21.7. The molecule has 0 unspecified atom stereocenters. The molecule has 1 saturated heterocycles. The molecule has 1 aromatic rings. The molecular formula is C21H26FN3O5. The van der Waals surface area contributed by atoms with Crippen molar-refractivity contribution in [3.63, 3.8) is 0 Å². The van der Waals surface area contributed by atoms with E-state index in [4.69, 9.17) is 4.74 Å². The van der Waals surface area contributed by atoms with Crippen molar-refractivity contribution in [2.45, 2.75) is 45.6 Å². The van der Waals surface area contributed by atoms with Crippen molar-refractivity contribution in [3.05, 3.63) is 30.1 Å². The van der Waals surface area contributed by atoms with Gasteiger partial charge in [0.15, 0.2) is 6.61 Å². The van der Waals surface area contributed by atoms with Crippen LogP contribution in [0.15, 0.2) is 24.3 Å². The van der Waals surface area contributed by atoms with E-state index < -0.39 is 48.3 Å². The van der Waals surface area contributed by atoms with Crippen LogP contribution in [0.25, 0.3) is 0 Å². The van der Waals surface area contributed by atoms with Crippen LogP contribution in [0.4, 0.5) is 14.9 Å². The van der Waals surface area contributed by atoms with E-state index in [2.05, 4.69) is 24.5 Å². The fraction of sp³-hybridized carbons (Fsp3) is 0.524. The van der Waals surface area contributed by atoms with Gasteiger partial charge in [0, 0.05) is 5.69 Å². The minimum Gasteiger partial charge on any atom is -0.454 e. The highest BCUT2D eigenvalue weighted by Gasteiger charge is 2.56. The highest BCUT2D eigenvalue weighted by Crippen LogP contribution is 2.46. The van der Waals surface area contributed by atoms with Gasteiger partial charge in [-0.05, 0) is 54.9 Å². The summed E-state index contributed by atoms with van der Waals surface area (Å²) >= 11 is 0. The molecule has 0 radical (unpaired) electrons. The number of hydrogen-bond donors (Lipinski definition) is 2. The van der Waals surface area contributed by atoms with Crippen LogP contribution in [0.3, 0.4) is 0 Å². The third-order valence-corrected chi connectivity index (χ3v) is 5.40. The van der Waals surface area contributed by atoms with Gasteiger partial charge in [-0.25, -0.2) is 9.18 Å². The van der Waals surface area contributed by atoms with Crippen LogP contribution in [-0.4, -0.2) is 47.4 Å². The molecule has 0 aromatic heterocycles. The van der Waals surface area contributed by atoms with Crippen LogP contribution in [0.2, 0.25) is 0 Å². The molecule has 1 saturated carbocycles. The zero-order valence-corrected chi connectivity index (χ0v) is 17.3. The Morgan fingerprint density at radius 3 is 2.53 bits per heavy atom. The molecule has 162 valence electrons. The van der Waals surface area contributed by atoms with Crippen molar-refractivity contribution in [2.24, 2.45) is 11.3 Å². The number of nitrogens with zero attached hydrogens (tertiary/aromatic N) is 1. The second-order valence-corrected chi connectivity index (χ2v) is 8.97. The van der Waals surface area contributed by atoms with Gasteiger partial charge in [0.25, 0.3) is 11.8 Å². The number of esters is 1. The minimum absolute atomic E-state index is 0.116. The summed E-state index contributed by atoms with van der Waals surface area (Å²) in [6.45, 7) is 5.00. The molecule has 3 rings (SSSR count). The summed E-state index contributed by atoms with van der Waals surface area (Å²) in [7, 11) is 0. The molecule has 2 N–H and O–H groups in total. The van der Waals surface area contributed by atoms with Crippen LogP contribution < -0.4 is 10.6 Å². The Labute approximate surface area is 174 Å². The Kier molecular flexibility index (Phi) is 5.83. The lowest BCUT2D eigenvalue weighted by Gasteiger charge is -2.43. The molecule has 1 aromatic carbocycles. The van der Waals surface area contributed by atoms with Gasteiger partial charge >= 0.3 is 12.0 Å². The molecule has 0 bridgehead atoms. The Bertz CT molecular complexity index is 870. The molecule has 1 aliphatic heterocycles. The van der Waals surface area contributed by atoms with Gasteiger partial charge in [0.1, 0.15) is 17.9 Å². The van der Waals surface area contributed by atoms with E-state index in [1.807, 2.05) is 6.92 Å². The second kappa shape index (κ2) is 8.04. The van der Waals surface area contributed by atoms with E-state index in [-0.39, 0.29) is 11.3 Å². The summed E-state index contributed by atoms with van der Waals surface area (Å²) in [6.07, 6.45) is 1.97. The van der Waals surface area contributed by atoms with Crippen molar-refractivity contribution >= 4 is 29.5 Å². The molecule has 1 aliphatic carbocycles. The van der Waals surface area contributed by atoms with Gasteiger partial charge in [0.2, 0.25) is 0 Å². The van der Waals surface area contributed by atoms with Gasteiger partial charge in [-0.1, -0.05) is 20.8 Å². The average Bonchev–Trinajstić information content (AvgIpc) is 2.83. The Hall–Kier alpha value is -2.97. The fourth-order valence-corrected chi connectivity index (χ4v) is 4.70. The largest absolute Gasteiger partial charge is 0.454 e. The summed E-state index contributed by atoms with van der Waals surface area (Å²) in [6, 6.07) is 4.48. The number of amides is 4. The Morgan fingerprint density at radius 2 is 1.90 bits per heavy atom. The lowest BCUT2D eigenvalue weighted by molar-refractivity contribution is -0.150. The smallest absolute Gasteiger partial charge is 0.326 e. The number of hydrogen-bond acceptors (Lipinski definition) is 5. The highest BCUT2D eigenvalue weighted by atomic mass is 19.1. The predicted molar refractivity (Wildman–Crippen MR) is 106 cm³/mol. The fourth-order valence-electron chi connectivity index (χ4n) is 4.70. The number of nitrogens with one attached hydrogen (secondary N) is 2. The number of urea groups is 1. The molecule has 4 amide bonds. The van der Waals surface area contributed by atoms with Crippen molar-refractivity contribution in [3.8, 4) is 0 Å². The van der Waals surface area contributed by atoms with E-state index in [0.29, 0.717) is 18.5 Å². The van der Waals surface area contributed by atoms with Crippen LogP contribution in [0.5, 0.6) is 0 Å². The maximum absolute atomic E-state index is 13.0. The first-order valence-electron chi connectivity index (χ1n) is 9.85. The Morgan fingerprint density at radius 1 is 1.23 bits per heavy atom. The normalized spacial score (nSPS) is 25.2. The summed E-state index contributed by atoms with van der Waals surface area (Å²) in [5, 5.41) is 5.24. The number of anilines is 1. The number of carbonyl (C=O) groups is 4. The first-order chi connectivity index (χ1) is 14.0. The zero-order valence-electron chi connectivity index (χ0n) is 17.3. The van der Waals surface area contributed by atoms with E-state index >= 15 is 0 Å². The monoisotopic (exact) mass is 419 g/mol. The maximum Gasteiger partial charge on any atom is 0.326 e. The Balaban J connectivity index is 1.55. The highest BCUT2D eigenvalue weighted by molar-refractivity contribution is 6.09. The molecule has 1 spiro atoms. The predicted octanol–water partition coefficient (Wildman–Crippen LogP) is 2.44. The van der Waals surface area contributed by atoms with Crippen molar-refractivity contribution < 1.29 is 28.3 Å². The molecule has 2 fully saturated rings.